The Bertz CT molecular complexity index is 404. The highest BCUT2D eigenvalue weighted by molar-refractivity contribution is 5.30. The van der Waals surface area contributed by atoms with Crippen LogP contribution < -0.4 is 5.73 Å². The molecular formula is C17H26N2. The van der Waals surface area contributed by atoms with E-state index in [1.165, 1.54) is 43.4 Å². The van der Waals surface area contributed by atoms with Crippen molar-refractivity contribution in [2.75, 3.05) is 19.6 Å². The van der Waals surface area contributed by atoms with Crippen LogP contribution >= 0.6 is 0 Å². The zero-order chi connectivity index (χ0) is 13.2. The summed E-state index contributed by atoms with van der Waals surface area (Å²) in [5.74, 6) is 1.78. The van der Waals surface area contributed by atoms with E-state index in [1.807, 2.05) is 0 Å². The van der Waals surface area contributed by atoms with Crippen LogP contribution in [0.25, 0.3) is 0 Å². The molecule has 1 aromatic rings. The molecule has 0 amide bonds. The molecule has 104 valence electrons. The summed E-state index contributed by atoms with van der Waals surface area (Å²) in [6, 6.07) is 9.65. The maximum atomic E-state index is 6.05. The van der Waals surface area contributed by atoms with E-state index in [0.717, 1.165) is 24.9 Å². The molecule has 0 saturated heterocycles. The predicted octanol–water partition coefficient (Wildman–Crippen LogP) is 3.30. The summed E-state index contributed by atoms with van der Waals surface area (Å²) >= 11 is 0. The van der Waals surface area contributed by atoms with Gasteiger partial charge in [-0.15, -0.1) is 0 Å². The van der Waals surface area contributed by atoms with Crippen LogP contribution in [-0.4, -0.2) is 24.5 Å². The number of hydrogen-bond acceptors (Lipinski definition) is 2. The van der Waals surface area contributed by atoms with E-state index >= 15 is 0 Å². The highest BCUT2D eigenvalue weighted by atomic mass is 15.2. The molecule has 3 rings (SSSR count). The maximum absolute atomic E-state index is 6.05. The van der Waals surface area contributed by atoms with Crippen molar-refractivity contribution in [3.8, 4) is 0 Å². The molecule has 0 aromatic heterocycles. The van der Waals surface area contributed by atoms with Crippen LogP contribution in [0, 0.1) is 5.92 Å². The van der Waals surface area contributed by atoms with Crippen molar-refractivity contribution in [2.45, 2.75) is 44.6 Å². The number of nitrogens with two attached hydrogens (primary N) is 1. The topological polar surface area (TPSA) is 29.3 Å². The van der Waals surface area contributed by atoms with Gasteiger partial charge in [0.2, 0.25) is 0 Å². The van der Waals surface area contributed by atoms with Gasteiger partial charge in [-0.3, -0.25) is 4.90 Å². The highest BCUT2D eigenvalue weighted by Gasteiger charge is 2.28. The van der Waals surface area contributed by atoms with Crippen LogP contribution in [0.1, 0.15) is 55.7 Å². The molecule has 2 nitrogen and oxygen atoms in total. The summed E-state index contributed by atoms with van der Waals surface area (Å²) in [7, 11) is 0. The number of nitrogens with zero attached hydrogens (tertiary/aromatic N) is 1. The third-order valence-corrected chi connectivity index (χ3v) is 4.63. The largest absolute Gasteiger partial charge is 0.329 e. The van der Waals surface area contributed by atoms with Crippen LogP contribution in [0.15, 0.2) is 24.3 Å². The molecule has 2 aliphatic rings. The van der Waals surface area contributed by atoms with Gasteiger partial charge in [-0.1, -0.05) is 31.2 Å². The summed E-state index contributed by atoms with van der Waals surface area (Å²) in [6.45, 7) is 5.30. The Kier molecular flexibility index (Phi) is 3.90. The van der Waals surface area contributed by atoms with E-state index in [9.17, 15) is 0 Å². The number of likely N-dealkylation sites (N-methyl/N-ethyl adjacent to an activating group) is 1. The third kappa shape index (κ3) is 3.18. The zero-order valence-corrected chi connectivity index (χ0v) is 12.0. The van der Waals surface area contributed by atoms with Crippen LogP contribution in [0.5, 0.6) is 0 Å². The van der Waals surface area contributed by atoms with E-state index in [1.54, 1.807) is 0 Å². The Hall–Kier alpha value is -0.860. The maximum Gasteiger partial charge on any atom is 0.0470 e. The van der Waals surface area contributed by atoms with Gasteiger partial charge in [0.15, 0.2) is 0 Å². The SMILES string of the molecule is CCN(CC1CC1)C(CN)c1ccc(C2CC2)cc1. The van der Waals surface area contributed by atoms with Crippen molar-refractivity contribution in [2.24, 2.45) is 11.7 Å². The lowest BCUT2D eigenvalue weighted by atomic mass is 10.0. The molecule has 1 unspecified atom stereocenters. The monoisotopic (exact) mass is 258 g/mol. The Morgan fingerprint density at radius 1 is 1.16 bits per heavy atom. The van der Waals surface area contributed by atoms with Gasteiger partial charge < -0.3 is 5.73 Å². The number of hydrogen-bond donors (Lipinski definition) is 1. The van der Waals surface area contributed by atoms with E-state index < -0.39 is 0 Å². The van der Waals surface area contributed by atoms with E-state index in [4.69, 9.17) is 5.73 Å². The molecule has 2 saturated carbocycles. The average Bonchev–Trinajstić information content (AvgIpc) is 3.31. The van der Waals surface area contributed by atoms with Gasteiger partial charge in [-0.25, -0.2) is 0 Å². The first-order valence-corrected chi connectivity index (χ1v) is 7.85. The Morgan fingerprint density at radius 3 is 2.32 bits per heavy atom. The molecular weight excluding hydrogens is 232 g/mol. The van der Waals surface area contributed by atoms with Gasteiger partial charge in [0.05, 0.1) is 0 Å². The van der Waals surface area contributed by atoms with Crippen LogP contribution in [0.4, 0.5) is 0 Å². The van der Waals surface area contributed by atoms with E-state index in [-0.39, 0.29) is 0 Å². The van der Waals surface area contributed by atoms with Crippen LogP contribution in [0.2, 0.25) is 0 Å². The summed E-state index contributed by atoms with van der Waals surface area (Å²) < 4.78 is 0. The second-order valence-corrected chi connectivity index (χ2v) is 6.22. The first kappa shape index (κ1) is 13.1. The Labute approximate surface area is 117 Å². The van der Waals surface area contributed by atoms with Crippen LogP contribution in [-0.2, 0) is 0 Å². The smallest absolute Gasteiger partial charge is 0.0470 e. The average molecular weight is 258 g/mol. The standard InChI is InChI=1S/C17H26N2/c1-2-19(12-13-3-4-13)17(11-18)16-9-7-15(8-10-16)14-5-6-14/h7-10,13-14,17H,2-6,11-12,18H2,1H3. The Balaban J connectivity index is 1.71. The van der Waals surface area contributed by atoms with Gasteiger partial charge in [-0.05, 0) is 55.2 Å². The summed E-state index contributed by atoms with van der Waals surface area (Å²) in [4.78, 5) is 2.56. The van der Waals surface area contributed by atoms with Gasteiger partial charge >= 0.3 is 0 Å². The van der Waals surface area contributed by atoms with Crippen molar-refractivity contribution < 1.29 is 0 Å². The molecule has 0 spiro atoms. The summed E-state index contributed by atoms with van der Waals surface area (Å²) in [6.07, 6.45) is 5.58. The molecule has 19 heavy (non-hydrogen) atoms. The molecule has 0 aliphatic heterocycles. The lowest BCUT2D eigenvalue weighted by Gasteiger charge is -2.30. The highest BCUT2D eigenvalue weighted by Crippen LogP contribution is 2.40. The first-order valence-electron chi connectivity index (χ1n) is 7.85. The van der Waals surface area contributed by atoms with Crippen molar-refractivity contribution >= 4 is 0 Å². The van der Waals surface area contributed by atoms with Gasteiger partial charge in [0, 0.05) is 19.1 Å². The molecule has 2 fully saturated rings. The third-order valence-electron chi connectivity index (χ3n) is 4.63. The van der Waals surface area contributed by atoms with Crippen LogP contribution in [0.3, 0.4) is 0 Å². The zero-order valence-electron chi connectivity index (χ0n) is 12.0. The minimum Gasteiger partial charge on any atom is -0.329 e. The summed E-state index contributed by atoms with van der Waals surface area (Å²) in [5.41, 5.74) is 8.96. The molecule has 0 heterocycles. The Morgan fingerprint density at radius 2 is 1.84 bits per heavy atom. The lowest BCUT2D eigenvalue weighted by molar-refractivity contribution is 0.203. The minimum atomic E-state index is 0.402. The van der Waals surface area contributed by atoms with Gasteiger partial charge in [0.25, 0.3) is 0 Å². The molecule has 1 atom stereocenters. The molecule has 2 N–H and O–H groups in total. The number of rotatable bonds is 7. The van der Waals surface area contributed by atoms with Crippen molar-refractivity contribution in [1.29, 1.82) is 0 Å². The second kappa shape index (κ2) is 5.64. The predicted molar refractivity (Wildman–Crippen MR) is 80.2 cm³/mol. The fourth-order valence-corrected chi connectivity index (χ4v) is 3.01. The number of benzene rings is 1. The quantitative estimate of drug-likeness (QED) is 0.813. The minimum absolute atomic E-state index is 0.402. The fourth-order valence-electron chi connectivity index (χ4n) is 3.01. The van der Waals surface area contributed by atoms with Gasteiger partial charge in [-0.2, -0.15) is 0 Å². The molecule has 0 radical (unpaired) electrons. The molecule has 2 aliphatic carbocycles. The lowest BCUT2D eigenvalue weighted by Crippen LogP contribution is -2.35. The van der Waals surface area contributed by atoms with E-state index in [0.29, 0.717) is 6.04 Å². The van der Waals surface area contributed by atoms with Crippen molar-refractivity contribution in [1.82, 2.24) is 4.90 Å². The molecule has 2 heteroatoms. The summed E-state index contributed by atoms with van der Waals surface area (Å²) in [5, 5.41) is 0. The first-order chi connectivity index (χ1) is 9.31. The molecule has 0 bridgehead atoms. The van der Waals surface area contributed by atoms with E-state index in [2.05, 4.69) is 36.1 Å². The normalized spacial score (nSPS) is 20.8. The fraction of sp³-hybridized carbons (Fsp3) is 0.647. The molecule has 1 aromatic carbocycles. The van der Waals surface area contributed by atoms with Crippen molar-refractivity contribution in [3.05, 3.63) is 35.4 Å². The van der Waals surface area contributed by atoms with Crippen molar-refractivity contribution in [3.63, 3.8) is 0 Å². The second-order valence-electron chi connectivity index (χ2n) is 6.22. The van der Waals surface area contributed by atoms with Gasteiger partial charge in [0.1, 0.15) is 0 Å².